The molecule has 28 heavy (non-hydrogen) atoms. The summed E-state index contributed by atoms with van der Waals surface area (Å²) in [7, 11) is 0. The van der Waals surface area contributed by atoms with E-state index in [0.29, 0.717) is 11.3 Å². The lowest BCUT2D eigenvalue weighted by Crippen LogP contribution is -2.49. The van der Waals surface area contributed by atoms with Crippen molar-refractivity contribution in [3.05, 3.63) is 29.8 Å². The Hall–Kier alpha value is -1.79. The Morgan fingerprint density at radius 2 is 1.79 bits per heavy atom. The van der Waals surface area contributed by atoms with Crippen molar-refractivity contribution in [1.29, 1.82) is 0 Å². The third-order valence-electron chi connectivity index (χ3n) is 5.59. The molecule has 0 aromatic heterocycles. The summed E-state index contributed by atoms with van der Waals surface area (Å²) in [6.45, 7) is 6.08. The molecule has 0 aliphatic carbocycles. The normalized spacial score (nSPS) is 24.8. The first-order chi connectivity index (χ1) is 13.0. The van der Waals surface area contributed by atoms with Gasteiger partial charge in [0.05, 0.1) is 0 Å². The summed E-state index contributed by atoms with van der Waals surface area (Å²) in [5.74, 6) is 0.570. The third-order valence-corrected chi connectivity index (χ3v) is 5.59. The van der Waals surface area contributed by atoms with Crippen molar-refractivity contribution in [2.24, 2.45) is 0 Å². The highest BCUT2D eigenvalue weighted by Gasteiger charge is 2.29. The number of amides is 2. The molecule has 1 aromatic carbocycles. The van der Waals surface area contributed by atoms with E-state index < -0.39 is 0 Å². The van der Waals surface area contributed by atoms with Crippen LogP contribution in [0.15, 0.2) is 24.3 Å². The van der Waals surface area contributed by atoms with E-state index in [2.05, 4.69) is 24.5 Å². The van der Waals surface area contributed by atoms with Gasteiger partial charge in [-0.2, -0.15) is 0 Å². The number of nitrogens with zero attached hydrogens (tertiary/aromatic N) is 1. The number of hydrogen-bond donors (Lipinski definition) is 2. The van der Waals surface area contributed by atoms with Crippen LogP contribution in [0.25, 0.3) is 0 Å². The molecule has 0 radical (unpaired) electrons. The fourth-order valence-electron chi connectivity index (χ4n) is 4.08. The maximum Gasteiger partial charge on any atom is 0.260 e. The lowest BCUT2D eigenvalue weighted by atomic mass is 9.97. The van der Waals surface area contributed by atoms with Crippen LogP contribution in [0.3, 0.4) is 0 Å². The highest BCUT2D eigenvalue weighted by Crippen LogP contribution is 2.23. The number of likely N-dealkylation sites (tertiary alicyclic amines) is 1. The predicted molar refractivity (Wildman–Crippen MR) is 112 cm³/mol. The van der Waals surface area contributed by atoms with Gasteiger partial charge in [0, 0.05) is 30.2 Å². The first-order valence-electron chi connectivity index (χ1n) is 10.1. The number of nitrogens with one attached hydrogen (secondary N) is 2. The molecule has 1 aromatic rings. The molecule has 0 saturated carbocycles. The molecule has 2 aliphatic heterocycles. The molecule has 0 spiro atoms. The molecule has 6 nitrogen and oxygen atoms in total. The van der Waals surface area contributed by atoms with E-state index in [1.54, 1.807) is 24.3 Å². The number of piperidine rings is 2. The van der Waals surface area contributed by atoms with Gasteiger partial charge in [-0.25, -0.2) is 0 Å². The monoisotopic (exact) mass is 409 g/mol. The Bertz CT molecular complexity index is 637. The SMILES string of the molecule is CC1CCCC(C)N1C(=O)COc1ccc(C(=O)NC2CCCNC2)cc1.Cl. The quantitative estimate of drug-likeness (QED) is 0.784. The van der Waals surface area contributed by atoms with Crippen LogP contribution in [-0.2, 0) is 4.79 Å². The Morgan fingerprint density at radius 3 is 2.39 bits per heavy atom. The number of carbonyl (C=O) groups is 2. The maximum absolute atomic E-state index is 12.5. The molecule has 7 heteroatoms. The Morgan fingerprint density at radius 1 is 1.11 bits per heavy atom. The molecule has 2 amide bonds. The summed E-state index contributed by atoms with van der Waals surface area (Å²) >= 11 is 0. The van der Waals surface area contributed by atoms with Crippen molar-refractivity contribution in [2.45, 2.75) is 64.1 Å². The minimum Gasteiger partial charge on any atom is -0.484 e. The van der Waals surface area contributed by atoms with Crippen molar-refractivity contribution >= 4 is 24.2 Å². The highest BCUT2D eigenvalue weighted by molar-refractivity contribution is 5.94. The van der Waals surface area contributed by atoms with Gasteiger partial charge in [0.15, 0.2) is 6.61 Å². The van der Waals surface area contributed by atoms with Crippen LogP contribution in [0.5, 0.6) is 5.75 Å². The van der Waals surface area contributed by atoms with Gasteiger partial charge >= 0.3 is 0 Å². The predicted octanol–water partition coefficient (Wildman–Crippen LogP) is 2.76. The minimum atomic E-state index is -0.0673. The zero-order valence-electron chi connectivity index (χ0n) is 16.8. The number of rotatable bonds is 5. The molecule has 2 N–H and O–H groups in total. The molecule has 2 heterocycles. The van der Waals surface area contributed by atoms with Crippen molar-refractivity contribution in [3.8, 4) is 5.75 Å². The van der Waals surface area contributed by atoms with Crippen molar-refractivity contribution in [3.63, 3.8) is 0 Å². The van der Waals surface area contributed by atoms with Crippen molar-refractivity contribution in [2.75, 3.05) is 19.7 Å². The summed E-state index contributed by atoms with van der Waals surface area (Å²) in [4.78, 5) is 26.8. The lowest BCUT2D eigenvalue weighted by Gasteiger charge is -2.38. The highest BCUT2D eigenvalue weighted by atomic mass is 35.5. The molecule has 3 rings (SSSR count). The average molecular weight is 410 g/mol. The fourth-order valence-corrected chi connectivity index (χ4v) is 4.08. The molecule has 0 bridgehead atoms. The summed E-state index contributed by atoms with van der Waals surface area (Å²) in [5, 5.41) is 6.35. The Kier molecular flexibility index (Phi) is 8.58. The fraction of sp³-hybridized carbons (Fsp3) is 0.619. The summed E-state index contributed by atoms with van der Waals surface area (Å²) in [6, 6.07) is 7.73. The van der Waals surface area contributed by atoms with Crippen LogP contribution in [0.1, 0.15) is 56.3 Å². The largest absolute Gasteiger partial charge is 0.484 e. The second-order valence-electron chi connectivity index (χ2n) is 7.76. The molecule has 2 fully saturated rings. The molecular formula is C21H32ClN3O3. The van der Waals surface area contributed by atoms with Gasteiger partial charge in [-0.1, -0.05) is 0 Å². The van der Waals surface area contributed by atoms with Crippen LogP contribution < -0.4 is 15.4 Å². The second kappa shape index (κ2) is 10.7. The van der Waals surface area contributed by atoms with E-state index in [4.69, 9.17) is 4.74 Å². The van der Waals surface area contributed by atoms with Gasteiger partial charge in [-0.05, 0) is 76.8 Å². The van der Waals surface area contributed by atoms with E-state index >= 15 is 0 Å². The van der Waals surface area contributed by atoms with E-state index in [1.165, 1.54) is 6.42 Å². The van der Waals surface area contributed by atoms with E-state index in [9.17, 15) is 9.59 Å². The van der Waals surface area contributed by atoms with Gasteiger partial charge in [0.1, 0.15) is 5.75 Å². The van der Waals surface area contributed by atoms with Crippen LogP contribution in [0.4, 0.5) is 0 Å². The van der Waals surface area contributed by atoms with Gasteiger partial charge in [0.25, 0.3) is 11.8 Å². The second-order valence-corrected chi connectivity index (χ2v) is 7.76. The van der Waals surface area contributed by atoms with Gasteiger partial charge in [-0.15, -0.1) is 12.4 Å². The molecule has 3 unspecified atom stereocenters. The number of halogens is 1. The third kappa shape index (κ3) is 5.85. The molecule has 3 atom stereocenters. The summed E-state index contributed by atoms with van der Waals surface area (Å²) in [5.41, 5.74) is 0.609. The van der Waals surface area contributed by atoms with Gasteiger partial charge < -0.3 is 20.3 Å². The lowest BCUT2D eigenvalue weighted by molar-refractivity contribution is -0.139. The first-order valence-corrected chi connectivity index (χ1v) is 10.1. The number of ether oxygens (including phenoxy) is 1. The Balaban J connectivity index is 0.00000280. The molecule has 2 aliphatic rings. The number of carbonyl (C=O) groups excluding carboxylic acids is 2. The van der Waals surface area contributed by atoms with Crippen LogP contribution >= 0.6 is 12.4 Å². The zero-order valence-corrected chi connectivity index (χ0v) is 17.6. The summed E-state index contributed by atoms with van der Waals surface area (Å²) in [6.07, 6.45) is 5.37. The molecule has 156 valence electrons. The van der Waals surface area contributed by atoms with E-state index in [0.717, 1.165) is 38.8 Å². The van der Waals surface area contributed by atoms with Crippen molar-refractivity contribution < 1.29 is 14.3 Å². The topological polar surface area (TPSA) is 70.7 Å². The number of hydrogen-bond acceptors (Lipinski definition) is 4. The smallest absolute Gasteiger partial charge is 0.260 e. The summed E-state index contributed by atoms with van der Waals surface area (Å²) < 4.78 is 5.67. The van der Waals surface area contributed by atoms with Crippen molar-refractivity contribution in [1.82, 2.24) is 15.5 Å². The molecular weight excluding hydrogens is 378 g/mol. The van der Waals surface area contributed by atoms with Crippen LogP contribution in [0.2, 0.25) is 0 Å². The van der Waals surface area contributed by atoms with Gasteiger partial charge in [0.2, 0.25) is 0 Å². The number of benzene rings is 1. The zero-order chi connectivity index (χ0) is 19.2. The maximum atomic E-state index is 12.5. The van der Waals surface area contributed by atoms with E-state index in [1.807, 2.05) is 4.90 Å². The van der Waals surface area contributed by atoms with Crippen LogP contribution in [0, 0.1) is 0 Å². The Labute approximate surface area is 173 Å². The molecule has 2 saturated heterocycles. The first kappa shape index (κ1) is 22.5. The van der Waals surface area contributed by atoms with Gasteiger partial charge in [-0.3, -0.25) is 9.59 Å². The standard InChI is InChI=1S/C21H31N3O3.ClH/c1-15-5-3-6-16(2)24(15)20(25)14-27-19-10-8-17(9-11-19)21(26)23-18-7-4-12-22-13-18;/h8-11,15-16,18,22H,3-7,12-14H2,1-2H3,(H,23,26);1H. The van der Waals surface area contributed by atoms with Crippen LogP contribution in [-0.4, -0.2) is 54.5 Å². The van der Waals surface area contributed by atoms with E-state index in [-0.39, 0.29) is 49.0 Å². The average Bonchev–Trinajstić information content (AvgIpc) is 2.67. The minimum absolute atomic E-state index is 0.